The third-order valence-electron chi connectivity index (χ3n) is 5.32. The predicted octanol–water partition coefficient (Wildman–Crippen LogP) is 4.13. The van der Waals surface area contributed by atoms with Crippen LogP contribution in [-0.4, -0.2) is 36.0 Å². The van der Waals surface area contributed by atoms with E-state index in [1.165, 1.54) is 11.0 Å². The van der Waals surface area contributed by atoms with Crippen LogP contribution in [0.2, 0.25) is 0 Å². The van der Waals surface area contributed by atoms with Crippen LogP contribution in [0.5, 0.6) is 0 Å². The van der Waals surface area contributed by atoms with Crippen molar-refractivity contribution in [3.8, 4) is 0 Å². The maximum Gasteiger partial charge on any atom is 0.435 e. The molecular formula is C23H20F3N7O. The number of hydrogen-bond acceptors (Lipinski definition) is 7. The molecule has 0 saturated heterocycles. The first-order valence-electron chi connectivity index (χ1n) is 10.3. The lowest BCUT2D eigenvalue weighted by Crippen LogP contribution is -2.34. The van der Waals surface area contributed by atoms with E-state index in [0.29, 0.717) is 22.7 Å². The summed E-state index contributed by atoms with van der Waals surface area (Å²) in [6.07, 6.45) is -1.50. The Kier molecular flexibility index (Phi) is 6.10. The molecule has 1 atom stereocenters. The zero-order valence-corrected chi connectivity index (χ0v) is 18.3. The van der Waals surface area contributed by atoms with Crippen LogP contribution in [0.25, 0.3) is 10.9 Å². The third-order valence-corrected chi connectivity index (χ3v) is 5.32. The normalized spacial score (nSPS) is 12.5. The predicted molar refractivity (Wildman–Crippen MR) is 118 cm³/mol. The molecular weight excluding hydrogens is 447 g/mol. The first kappa shape index (κ1) is 23.0. The Balaban J connectivity index is 1.70. The molecule has 0 bridgehead atoms. The number of rotatable bonds is 5. The second-order valence-electron chi connectivity index (χ2n) is 7.72. The second kappa shape index (κ2) is 9.00. The van der Waals surface area contributed by atoms with E-state index in [-0.39, 0.29) is 18.1 Å². The Morgan fingerprint density at radius 1 is 1.09 bits per heavy atom. The van der Waals surface area contributed by atoms with Crippen molar-refractivity contribution in [2.75, 3.05) is 5.73 Å². The van der Waals surface area contributed by atoms with Gasteiger partial charge in [-0.1, -0.05) is 0 Å². The summed E-state index contributed by atoms with van der Waals surface area (Å²) in [5.74, 6) is 0.406. The number of nitrogens with zero attached hydrogens (tertiary/aromatic N) is 6. The van der Waals surface area contributed by atoms with Gasteiger partial charge in [-0.3, -0.25) is 4.79 Å². The van der Waals surface area contributed by atoms with Gasteiger partial charge in [0.25, 0.3) is 5.91 Å². The van der Waals surface area contributed by atoms with E-state index < -0.39 is 17.9 Å². The summed E-state index contributed by atoms with van der Waals surface area (Å²) in [4.78, 5) is 27.8. The smallest absolute Gasteiger partial charge is 0.383 e. The highest BCUT2D eigenvalue weighted by atomic mass is 19.4. The number of carbonyl (C=O) groups is 1. The molecule has 0 fully saturated rings. The lowest BCUT2D eigenvalue weighted by Gasteiger charge is -2.28. The average Bonchev–Trinajstić information content (AvgIpc) is 2.82. The maximum absolute atomic E-state index is 13.6. The number of alkyl halides is 3. The monoisotopic (exact) mass is 467 g/mol. The first-order valence-corrected chi connectivity index (χ1v) is 10.3. The van der Waals surface area contributed by atoms with Crippen LogP contribution in [-0.2, 0) is 12.7 Å². The summed E-state index contributed by atoms with van der Waals surface area (Å²) < 4.78 is 38.6. The van der Waals surface area contributed by atoms with Crippen molar-refractivity contribution in [1.29, 1.82) is 0 Å². The number of amides is 1. The molecule has 0 aliphatic rings. The van der Waals surface area contributed by atoms with Gasteiger partial charge in [0.2, 0.25) is 0 Å². The van der Waals surface area contributed by atoms with Crippen LogP contribution in [0.3, 0.4) is 0 Å². The number of nitrogen functional groups attached to an aromatic ring is 1. The van der Waals surface area contributed by atoms with Gasteiger partial charge >= 0.3 is 6.18 Å². The molecule has 174 valence electrons. The topological polar surface area (TPSA) is 111 Å². The zero-order chi connectivity index (χ0) is 24.5. The molecule has 8 nitrogen and oxygen atoms in total. The summed E-state index contributed by atoms with van der Waals surface area (Å²) in [6.45, 7) is 3.46. The van der Waals surface area contributed by atoms with Crippen molar-refractivity contribution >= 4 is 22.6 Å². The quantitative estimate of drug-likeness (QED) is 0.470. The molecule has 4 rings (SSSR count). The van der Waals surface area contributed by atoms with Gasteiger partial charge in [0.05, 0.1) is 23.8 Å². The lowest BCUT2D eigenvalue weighted by molar-refractivity contribution is -0.141. The summed E-state index contributed by atoms with van der Waals surface area (Å²) >= 11 is 0. The lowest BCUT2D eigenvalue weighted by atomic mass is 10.1. The van der Waals surface area contributed by atoms with Crippen LogP contribution in [0.1, 0.15) is 46.1 Å². The Labute approximate surface area is 192 Å². The van der Waals surface area contributed by atoms with E-state index in [2.05, 4.69) is 25.1 Å². The number of aryl methyl sites for hydroxylation is 1. The SMILES string of the molecule is Cc1cc2cc(C(=O)N(Cc3ccc(C(F)(F)F)nn3)C(C)c3ncccn3)ccc2nc1N. The van der Waals surface area contributed by atoms with Gasteiger partial charge in [0, 0.05) is 23.3 Å². The molecule has 0 aliphatic carbocycles. The van der Waals surface area contributed by atoms with Crippen LogP contribution in [0.4, 0.5) is 19.0 Å². The number of pyridine rings is 1. The Morgan fingerprint density at radius 3 is 2.47 bits per heavy atom. The highest BCUT2D eigenvalue weighted by Gasteiger charge is 2.33. The number of fused-ring (bicyclic) bond motifs is 1. The van der Waals surface area contributed by atoms with Gasteiger partial charge in [-0.15, -0.1) is 5.10 Å². The minimum Gasteiger partial charge on any atom is -0.383 e. The summed E-state index contributed by atoms with van der Waals surface area (Å²) in [6, 6.07) is 9.93. The minimum absolute atomic E-state index is 0.0968. The Morgan fingerprint density at radius 2 is 1.82 bits per heavy atom. The summed E-state index contributed by atoms with van der Waals surface area (Å²) in [7, 11) is 0. The first-order chi connectivity index (χ1) is 16.1. The summed E-state index contributed by atoms with van der Waals surface area (Å²) in [5.41, 5.74) is 6.74. The van der Waals surface area contributed by atoms with Gasteiger partial charge in [-0.05, 0) is 61.9 Å². The molecule has 0 radical (unpaired) electrons. The minimum atomic E-state index is -4.60. The molecule has 2 N–H and O–H groups in total. The molecule has 1 unspecified atom stereocenters. The van der Waals surface area contributed by atoms with Crippen molar-refractivity contribution in [2.45, 2.75) is 32.6 Å². The molecule has 3 aromatic heterocycles. The number of hydrogen-bond donors (Lipinski definition) is 1. The number of carbonyl (C=O) groups excluding carboxylic acids is 1. The zero-order valence-electron chi connectivity index (χ0n) is 18.3. The average molecular weight is 467 g/mol. The van der Waals surface area contributed by atoms with Gasteiger partial charge in [0.1, 0.15) is 11.6 Å². The second-order valence-corrected chi connectivity index (χ2v) is 7.72. The third kappa shape index (κ3) is 4.77. The molecule has 1 aromatic carbocycles. The number of nitrogens with two attached hydrogens (primary N) is 1. The van der Waals surface area contributed by atoms with Crippen molar-refractivity contribution in [3.05, 3.63) is 83.2 Å². The van der Waals surface area contributed by atoms with Crippen LogP contribution in [0.15, 0.2) is 54.9 Å². The molecule has 0 saturated carbocycles. The molecule has 0 aliphatic heterocycles. The molecule has 1 amide bonds. The maximum atomic E-state index is 13.6. The van der Waals surface area contributed by atoms with Gasteiger partial charge < -0.3 is 10.6 Å². The van der Waals surface area contributed by atoms with Gasteiger partial charge in [-0.2, -0.15) is 18.3 Å². The molecule has 0 spiro atoms. The van der Waals surface area contributed by atoms with Crippen molar-refractivity contribution in [3.63, 3.8) is 0 Å². The van der Waals surface area contributed by atoms with Crippen molar-refractivity contribution < 1.29 is 18.0 Å². The van der Waals surface area contributed by atoms with Crippen LogP contribution < -0.4 is 5.73 Å². The number of halogens is 3. The van der Waals surface area contributed by atoms with Crippen LogP contribution >= 0.6 is 0 Å². The fourth-order valence-corrected chi connectivity index (χ4v) is 3.42. The van der Waals surface area contributed by atoms with E-state index in [4.69, 9.17) is 5.73 Å². The Hall–Kier alpha value is -4.15. The van der Waals surface area contributed by atoms with Gasteiger partial charge in [-0.25, -0.2) is 15.0 Å². The molecule has 3 heterocycles. The van der Waals surface area contributed by atoms with Gasteiger partial charge in [0.15, 0.2) is 5.69 Å². The highest BCUT2D eigenvalue weighted by Crippen LogP contribution is 2.28. The number of aromatic nitrogens is 5. The van der Waals surface area contributed by atoms with E-state index in [0.717, 1.165) is 17.0 Å². The molecule has 4 aromatic rings. The van der Waals surface area contributed by atoms with Crippen molar-refractivity contribution in [1.82, 2.24) is 30.0 Å². The van der Waals surface area contributed by atoms with Crippen molar-refractivity contribution in [2.24, 2.45) is 0 Å². The standard InChI is InChI=1S/C23H20F3N7O/c1-13-10-16-11-15(4-6-18(16)30-20(13)27)22(34)33(14(2)21-28-8-3-9-29-21)12-17-5-7-19(32-31-17)23(24,25)26/h3-11,14H,12H2,1-2H3,(H2,27,30). The molecule has 11 heteroatoms. The van der Waals surface area contributed by atoms with E-state index >= 15 is 0 Å². The van der Waals surface area contributed by atoms with E-state index in [1.807, 2.05) is 13.0 Å². The summed E-state index contributed by atoms with van der Waals surface area (Å²) in [5, 5.41) is 7.67. The Bertz CT molecular complexity index is 1330. The highest BCUT2D eigenvalue weighted by molar-refractivity contribution is 5.98. The number of anilines is 1. The fraction of sp³-hybridized carbons (Fsp3) is 0.217. The number of benzene rings is 1. The molecule has 34 heavy (non-hydrogen) atoms. The largest absolute Gasteiger partial charge is 0.435 e. The van der Waals surface area contributed by atoms with Crippen LogP contribution in [0, 0.1) is 6.92 Å². The fourth-order valence-electron chi connectivity index (χ4n) is 3.42. The van der Waals surface area contributed by atoms with E-state index in [1.54, 1.807) is 43.6 Å². The van der Waals surface area contributed by atoms with E-state index in [9.17, 15) is 18.0 Å².